The van der Waals surface area contributed by atoms with Crippen LogP contribution in [0.4, 0.5) is 0 Å². The molecule has 2 aromatic heterocycles. The Hall–Kier alpha value is -7.50. The lowest BCUT2D eigenvalue weighted by Gasteiger charge is -2.39. The highest BCUT2D eigenvalue weighted by atomic mass is 16.5. The molecule has 3 heterocycles. The minimum absolute atomic E-state index is 0.493. The topological polar surface area (TPSA) is 60.8 Å². The molecule has 9 aromatic rings. The van der Waals surface area contributed by atoms with Crippen LogP contribution in [0.3, 0.4) is 0 Å². The van der Waals surface area contributed by atoms with Crippen molar-refractivity contribution < 1.29 is 4.74 Å². The normalized spacial score (nSPS) is 12.9. The largest absolute Gasteiger partial charge is 0.457 e. The number of rotatable bonds is 5. The van der Waals surface area contributed by atoms with Crippen molar-refractivity contribution in [3.8, 4) is 79.2 Å². The molecule has 7 aromatic carbocycles. The summed E-state index contributed by atoms with van der Waals surface area (Å²) in [5.74, 6) is 3.20. The second-order valence-electron chi connectivity index (χ2n) is 14.2. The number of ether oxygens (including phenoxy) is 1. The fourth-order valence-electron chi connectivity index (χ4n) is 8.58. The van der Waals surface area contributed by atoms with Gasteiger partial charge < -0.3 is 4.74 Å². The van der Waals surface area contributed by atoms with Gasteiger partial charge in [0.1, 0.15) is 17.2 Å². The number of hydrogen-bond donors (Lipinski definition) is 0. The highest BCUT2D eigenvalue weighted by Crippen LogP contribution is 2.62. The molecule has 0 saturated carbocycles. The van der Waals surface area contributed by atoms with E-state index in [9.17, 15) is 0 Å². The first-order valence-electron chi connectivity index (χ1n) is 18.8. The van der Waals surface area contributed by atoms with Gasteiger partial charge in [-0.2, -0.15) is 0 Å². The molecule has 0 amide bonds. The molecule has 0 atom stereocenters. The molecular weight excluding hydrogens is 685 g/mol. The van der Waals surface area contributed by atoms with E-state index >= 15 is 0 Å². The Kier molecular flexibility index (Phi) is 7.32. The van der Waals surface area contributed by atoms with E-state index in [1.165, 1.54) is 22.3 Å². The van der Waals surface area contributed by atoms with Gasteiger partial charge >= 0.3 is 0 Å². The first-order valence-corrected chi connectivity index (χ1v) is 18.8. The summed E-state index contributed by atoms with van der Waals surface area (Å²) in [4.78, 5) is 20.1. The van der Waals surface area contributed by atoms with Crippen LogP contribution in [-0.2, 0) is 5.41 Å². The van der Waals surface area contributed by atoms with E-state index in [0.717, 1.165) is 56.0 Å². The molecule has 0 saturated heterocycles. The first-order chi connectivity index (χ1) is 27.7. The van der Waals surface area contributed by atoms with E-state index in [0.29, 0.717) is 23.2 Å². The molecule has 56 heavy (non-hydrogen) atoms. The number of aromatic nitrogens is 4. The van der Waals surface area contributed by atoms with E-state index in [2.05, 4.69) is 146 Å². The summed E-state index contributed by atoms with van der Waals surface area (Å²) in [6, 6.07) is 65.4. The van der Waals surface area contributed by atoms with Crippen LogP contribution in [0.2, 0.25) is 0 Å². The number of nitrogens with zero attached hydrogens (tertiary/aromatic N) is 4. The summed E-state index contributed by atoms with van der Waals surface area (Å²) in [7, 11) is 0. The highest BCUT2D eigenvalue weighted by molar-refractivity contribution is 5.89. The summed E-state index contributed by atoms with van der Waals surface area (Å²) in [6.45, 7) is 0. The molecule has 0 radical (unpaired) electrons. The number of benzene rings is 7. The van der Waals surface area contributed by atoms with Crippen molar-refractivity contribution in [1.29, 1.82) is 0 Å². The zero-order valence-corrected chi connectivity index (χ0v) is 30.2. The van der Waals surface area contributed by atoms with Crippen molar-refractivity contribution >= 4 is 0 Å². The zero-order chi connectivity index (χ0) is 37.1. The van der Waals surface area contributed by atoms with Crippen LogP contribution in [0.1, 0.15) is 22.3 Å². The molecule has 1 aliphatic heterocycles. The average Bonchev–Trinajstić information content (AvgIpc) is 3.57. The monoisotopic (exact) mass is 716 g/mol. The maximum atomic E-state index is 6.83. The van der Waals surface area contributed by atoms with Gasteiger partial charge in [0.2, 0.25) is 0 Å². The van der Waals surface area contributed by atoms with Gasteiger partial charge in [0.15, 0.2) is 17.5 Å². The Morgan fingerprint density at radius 2 is 0.857 bits per heavy atom. The van der Waals surface area contributed by atoms with Crippen molar-refractivity contribution in [2.24, 2.45) is 0 Å². The second-order valence-corrected chi connectivity index (χ2v) is 14.2. The van der Waals surface area contributed by atoms with E-state index in [4.69, 9.17) is 24.7 Å². The van der Waals surface area contributed by atoms with Crippen molar-refractivity contribution in [2.75, 3.05) is 0 Å². The van der Waals surface area contributed by atoms with Crippen molar-refractivity contribution in [3.05, 3.63) is 217 Å². The molecule has 0 bridgehead atoms. The van der Waals surface area contributed by atoms with Crippen molar-refractivity contribution in [1.82, 2.24) is 19.9 Å². The second kappa shape index (κ2) is 12.8. The molecular formula is C51H32N4O. The molecule has 1 aliphatic carbocycles. The summed E-state index contributed by atoms with van der Waals surface area (Å²) in [5.41, 5.74) is 13.3. The molecule has 0 unspecified atom stereocenters. The lowest BCUT2D eigenvalue weighted by atomic mass is 9.66. The molecule has 262 valence electrons. The third-order valence-electron chi connectivity index (χ3n) is 11.1. The van der Waals surface area contributed by atoms with Crippen LogP contribution in [0.5, 0.6) is 11.5 Å². The van der Waals surface area contributed by atoms with Gasteiger partial charge in [-0.05, 0) is 74.8 Å². The lowest BCUT2D eigenvalue weighted by Crippen LogP contribution is -2.32. The Morgan fingerprint density at radius 1 is 0.339 bits per heavy atom. The van der Waals surface area contributed by atoms with Crippen LogP contribution in [0.25, 0.3) is 67.7 Å². The van der Waals surface area contributed by atoms with E-state index < -0.39 is 5.41 Å². The van der Waals surface area contributed by atoms with Crippen LogP contribution in [0.15, 0.2) is 194 Å². The summed E-state index contributed by atoms with van der Waals surface area (Å²) >= 11 is 0. The van der Waals surface area contributed by atoms with Crippen LogP contribution >= 0.6 is 0 Å². The highest BCUT2D eigenvalue weighted by Gasteiger charge is 2.50. The Balaban J connectivity index is 1.11. The van der Waals surface area contributed by atoms with Gasteiger partial charge in [0.05, 0.1) is 5.41 Å². The summed E-state index contributed by atoms with van der Waals surface area (Å²) < 4.78 is 6.83. The number of pyridine rings is 1. The van der Waals surface area contributed by atoms with Gasteiger partial charge in [-0.3, -0.25) is 4.98 Å². The van der Waals surface area contributed by atoms with Gasteiger partial charge in [0.25, 0.3) is 0 Å². The minimum atomic E-state index is -0.551. The summed E-state index contributed by atoms with van der Waals surface area (Å²) in [5, 5.41) is 0. The van der Waals surface area contributed by atoms with Crippen LogP contribution in [-0.4, -0.2) is 19.9 Å². The number of hydrogen-bond acceptors (Lipinski definition) is 5. The Morgan fingerprint density at radius 3 is 1.55 bits per heavy atom. The minimum Gasteiger partial charge on any atom is -0.457 e. The maximum absolute atomic E-state index is 6.83. The van der Waals surface area contributed by atoms with Crippen LogP contribution in [0, 0.1) is 0 Å². The van der Waals surface area contributed by atoms with Gasteiger partial charge in [-0.15, -0.1) is 0 Å². The van der Waals surface area contributed by atoms with Gasteiger partial charge in [-0.1, -0.05) is 158 Å². The first kappa shape index (κ1) is 32.0. The SMILES string of the molecule is c1ccc(-c2cccc(-c3nc(-c4ccc5c(c4)Oc4ccccc4C54c5ccccc5-c5ccccc54)nc(-c4cc(-c5ccccc5)ccn4)n3)c2)cc1. The van der Waals surface area contributed by atoms with Crippen molar-refractivity contribution in [2.45, 2.75) is 5.41 Å². The molecule has 5 nitrogen and oxygen atoms in total. The molecule has 0 fully saturated rings. The number of para-hydroxylation sites is 1. The van der Waals surface area contributed by atoms with Gasteiger partial charge in [0, 0.05) is 28.5 Å². The van der Waals surface area contributed by atoms with E-state index in [-0.39, 0.29) is 0 Å². The fraction of sp³-hybridized carbons (Fsp3) is 0.0196. The predicted molar refractivity (Wildman–Crippen MR) is 222 cm³/mol. The summed E-state index contributed by atoms with van der Waals surface area (Å²) in [6.07, 6.45) is 1.82. The average molecular weight is 717 g/mol. The Bertz CT molecular complexity index is 2810. The van der Waals surface area contributed by atoms with E-state index in [1.54, 1.807) is 0 Å². The molecule has 1 spiro atoms. The lowest BCUT2D eigenvalue weighted by molar-refractivity contribution is 0.436. The number of fused-ring (bicyclic) bond motifs is 9. The zero-order valence-electron chi connectivity index (χ0n) is 30.2. The fourth-order valence-corrected chi connectivity index (χ4v) is 8.58. The maximum Gasteiger partial charge on any atom is 0.182 e. The third-order valence-corrected chi connectivity index (χ3v) is 11.1. The smallest absolute Gasteiger partial charge is 0.182 e. The molecule has 2 aliphatic rings. The van der Waals surface area contributed by atoms with Gasteiger partial charge in [-0.25, -0.2) is 15.0 Å². The molecule has 11 rings (SSSR count). The van der Waals surface area contributed by atoms with Crippen LogP contribution < -0.4 is 4.74 Å². The third kappa shape index (κ3) is 5.02. The molecule has 0 N–H and O–H groups in total. The Labute approximate surface area is 324 Å². The quantitative estimate of drug-likeness (QED) is 0.177. The standard InChI is InChI=1S/C51H32N4O/c1-3-14-33(15-4-1)35-18-13-19-37(30-35)48-53-49(55-50(54-48)45-31-36(28-29-52-45)34-16-5-2-6-17-34)38-26-27-44-47(32-38)56-46-25-12-11-24-43(46)51(44)41-22-9-7-20-39(41)40-21-8-10-23-42(40)51/h1-32H. The van der Waals surface area contributed by atoms with Crippen molar-refractivity contribution in [3.63, 3.8) is 0 Å². The van der Waals surface area contributed by atoms with E-state index in [1.807, 2.05) is 48.7 Å². The predicted octanol–water partition coefficient (Wildman–Crippen LogP) is 12.1. The molecule has 5 heteroatoms.